The summed E-state index contributed by atoms with van der Waals surface area (Å²) in [6.07, 6.45) is 1.09. The maximum atomic E-state index is 5.93. The Morgan fingerprint density at radius 1 is 1.26 bits per heavy atom. The molecule has 1 aliphatic heterocycles. The highest BCUT2D eigenvalue weighted by Gasteiger charge is 2.20. The highest BCUT2D eigenvalue weighted by atomic mass is 35.5. The van der Waals surface area contributed by atoms with E-state index in [9.17, 15) is 0 Å². The fourth-order valence-electron chi connectivity index (χ4n) is 2.44. The van der Waals surface area contributed by atoms with Crippen molar-refractivity contribution in [1.29, 1.82) is 0 Å². The molecule has 2 N–H and O–H groups in total. The molecule has 1 aliphatic rings. The maximum absolute atomic E-state index is 5.93. The van der Waals surface area contributed by atoms with E-state index in [0.29, 0.717) is 6.04 Å². The van der Waals surface area contributed by atoms with Crippen LogP contribution in [0.15, 0.2) is 12.1 Å². The van der Waals surface area contributed by atoms with Crippen LogP contribution >= 0.6 is 12.4 Å². The first-order valence-electron chi connectivity index (χ1n) is 6.33. The molecule has 4 nitrogen and oxygen atoms in total. The Bertz CT molecular complexity index is 426. The van der Waals surface area contributed by atoms with Crippen LogP contribution in [0.25, 0.3) is 0 Å². The number of ether oxygens (including phenoxy) is 2. The van der Waals surface area contributed by atoms with Crippen LogP contribution in [-0.4, -0.2) is 38.3 Å². The minimum absolute atomic E-state index is 0. The lowest BCUT2D eigenvalue weighted by molar-refractivity contribution is 0.322. The number of aryl methyl sites for hydroxylation is 1. The van der Waals surface area contributed by atoms with Crippen molar-refractivity contribution in [1.82, 2.24) is 4.90 Å². The van der Waals surface area contributed by atoms with Crippen molar-refractivity contribution >= 4 is 12.4 Å². The van der Waals surface area contributed by atoms with Crippen molar-refractivity contribution in [2.45, 2.75) is 25.9 Å². The van der Waals surface area contributed by atoms with E-state index in [-0.39, 0.29) is 12.4 Å². The molecule has 19 heavy (non-hydrogen) atoms. The van der Waals surface area contributed by atoms with Crippen LogP contribution < -0.4 is 15.2 Å². The summed E-state index contributed by atoms with van der Waals surface area (Å²) >= 11 is 0. The van der Waals surface area contributed by atoms with E-state index in [4.69, 9.17) is 15.2 Å². The van der Waals surface area contributed by atoms with Gasteiger partial charge in [-0.3, -0.25) is 4.90 Å². The van der Waals surface area contributed by atoms with Gasteiger partial charge in [0, 0.05) is 25.7 Å². The Morgan fingerprint density at radius 3 is 2.42 bits per heavy atom. The highest BCUT2D eigenvalue weighted by molar-refractivity contribution is 5.85. The predicted molar refractivity (Wildman–Crippen MR) is 79.4 cm³/mol. The van der Waals surface area contributed by atoms with Crippen molar-refractivity contribution in [3.8, 4) is 11.5 Å². The average Bonchev–Trinajstić information content (AvgIpc) is 2.77. The fourth-order valence-corrected chi connectivity index (χ4v) is 2.44. The number of nitrogens with two attached hydrogens (primary N) is 1. The quantitative estimate of drug-likeness (QED) is 0.919. The molecule has 1 aromatic rings. The van der Waals surface area contributed by atoms with E-state index < -0.39 is 0 Å². The van der Waals surface area contributed by atoms with Gasteiger partial charge in [0.1, 0.15) is 0 Å². The van der Waals surface area contributed by atoms with Gasteiger partial charge in [-0.1, -0.05) is 0 Å². The molecule has 0 unspecified atom stereocenters. The molecule has 0 radical (unpaired) electrons. The topological polar surface area (TPSA) is 47.7 Å². The third-order valence-electron chi connectivity index (χ3n) is 3.54. The van der Waals surface area contributed by atoms with Gasteiger partial charge in [-0.15, -0.1) is 12.4 Å². The zero-order valence-electron chi connectivity index (χ0n) is 11.8. The van der Waals surface area contributed by atoms with Crippen molar-refractivity contribution in [2.24, 2.45) is 5.73 Å². The Hall–Kier alpha value is -0.970. The highest BCUT2D eigenvalue weighted by Crippen LogP contribution is 2.31. The minimum atomic E-state index is 0. The molecule has 0 aromatic heterocycles. The van der Waals surface area contributed by atoms with Gasteiger partial charge in [-0.25, -0.2) is 0 Å². The van der Waals surface area contributed by atoms with E-state index in [0.717, 1.165) is 37.6 Å². The Balaban J connectivity index is 0.00000180. The number of methoxy groups -OCH3 is 2. The zero-order valence-corrected chi connectivity index (χ0v) is 12.6. The summed E-state index contributed by atoms with van der Waals surface area (Å²) < 4.78 is 10.6. The molecule has 1 fully saturated rings. The first kappa shape index (κ1) is 16.1. The van der Waals surface area contributed by atoms with Gasteiger partial charge >= 0.3 is 0 Å². The molecule has 108 valence electrons. The molecule has 2 rings (SSSR count). The predicted octanol–water partition coefficient (Wildman–Crippen LogP) is 1.97. The molecule has 5 heteroatoms. The number of hydrogen-bond donors (Lipinski definition) is 1. The van der Waals surface area contributed by atoms with Gasteiger partial charge in [0.2, 0.25) is 0 Å². The first-order valence-corrected chi connectivity index (χ1v) is 6.33. The molecular formula is C14H23ClN2O2. The normalized spacial score (nSPS) is 19.1. The number of nitrogens with zero attached hydrogens (tertiary/aromatic N) is 1. The summed E-state index contributed by atoms with van der Waals surface area (Å²) in [5.74, 6) is 1.58. The lowest BCUT2D eigenvalue weighted by Gasteiger charge is -2.18. The van der Waals surface area contributed by atoms with Gasteiger partial charge in [-0.2, -0.15) is 0 Å². The van der Waals surface area contributed by atoms with Gasteiger partial charge in [-0.05, 0) is 36.6 Å². The second-order valence-corrected chi connectivity index (χ2v) is 4.92. The molecule has 1 atom stereocenters. The molecule has 0 saturated carbocycles. The standard InChI is InChI=1S/C14H22N2O2.ClH/c1-10-6-13(17-2)14(18-3)7-11(10)8-16-5-4-12(15)9-16;/h6-7,12H,4-5,8-9,15H2,1-3H3;1H/t12-;/m0./s1. The van der Waals surface area contributed by atoms with Crippen LogP contribution in [0.5, 0.6) is 11.5 Å². The smallest absolute Gasteiger partial charge is 0.161 e. The van der Waals surface area contributed by atoms with Gasteiger partial charge < -0.3 is 15.2 Å². The maximum Gasteiger partial charge on any atom is 0.161 e. The summed E-state index contributed by atoms with van der Waals surface area (Å²) in [4.78, 5) is 2.39. The van der Waals surface area contributed by atoms with Crippen LogP contribution in [0.2, 0.25) is 0 Å². The van der Waals surface area contributed by atoms with E-state index in [1.807, 2.05) is 6.07 Å². The summed E-state index contributed by atoms with van der Waals surface area (Å²) in [7, 11) is 3.33. The van der Waals surface area contributed by atoms with Crippen molar-refractivity contribution < 1.29 is 9.47 Å². The number of rotatable bonds is 4. The molecule has 0 spiro atoms. The largest absolute Gasteiger partial charge is 0.493 e. The molecule has 0 bridgehead atoms. The van der Waals surface area contributed by atoms with Crippen molar-refractivity contribution in [3.63, 3.8) is 0 Å². The third kappa shape index (κ3) is 3.75. The average molecular weight is 287 g/mol. The summed E-state index contributed by atoms with van der Waals surface area (Å²) in [6, 6.07) is 4.42. The van der Waals surface area contributed by atoms with E-state index in [1.165, 1.54) is 11.1 Å². The Morgan fingerprint density at radius 2 is 1.89 bits per heavy atom. The third-order valence-corrected chi connectivity index (χ3v) is 3.54. The summed E-state index contributed by atoms with van der Waals surface area (Å²) in [5, 5.41) is 0. The molecular weight excluding hydrogens is 264 g/mol. The second kappa shape index (κ2) is 6.98. The number of halogens is 1. The molecule has 0 amide bonds. The number of likely N-dealkylation sites (tertiary alicyclic amines) is 1. The monoisotopic (exact) mass is 286 g/mol. The van der Waals surface area contributed by atoms with Crippen LogP contribution in [0.1, 0.15) is 17.5 Å². The van der Waals surface area contributed by atoms with E-state index in [1.54, 1.807) is 14.2 Å². The van der Waals surface area contributed by atoms with Crippen LogP contribution in [-0.2, 0) is 6.54 Å². The molecule has 1 saturated heterocycles. The number of benzene rings is 1. The molecule has 1 heterocycles. The zero-order chi connectivity index (χ0) is 13.1. The lowest BCUT2D eigenvalue weighted by atomic mass is 10.1. The minimum Gasteiger partial charge on any atom is -0.493 e. The van der Waals surface area contributed by atoms with Crippen molar-refractivity contribution in [3.05, 3.63) is 23.3 Å². The SMILES string of the molecule is COc1cc(C)c(CN2CC[C@H](N)C2)cc1OC.Cl. The van der Waals surface area contributed by atoms with E-state index in [2.05, 4.69) is 17.9 Å². The molecule has 0 aliphatic carbocycles. The Kier molecular flexibility index (Phi) is 5.91. The van der Waals surface area contributed by atoms with Gasteiger partial charge in [0.05, 0.1) is 14.2 Å². The Labute approximate surface area is 121 Å². The van der Waals surface area contributed by atoms with Gasteiger partial charge in [0.15, 0.2) is 11.5 Å². The summed E-state index contributed by atoms with van der Waals surface area (Å²) in [5.41, 5.74) is 8.44. The van der Waals surface area contributed by atoms with Crippen LogP contribution in [0.3, 0.4) is 0 Å². The summed E-state index contributed by atoms with van der Waals surface area (Å²) in [6.45, 7) is 5.09. The number of hydrogen-bond acceptors (Lipinski definition) is 4. The lowest BCUT2D eigenvalue weighted by Crippen LogP contribution is -2.26. The van der Waals surface area contributed by atoms with Crippen LogP contribution in [0.4, 0.5) is 0 Å². The van der Waals surface area contributed by atoms with E-state index >= 15 is 0 Å². The molecule has 1 aromatic carbocycles. The fraction of sp³-hybridized carbons (Fsp3) is 0.571. The first-order chi connectivity index (χ1) is 8.63. The van der Waals surface area contributed by atoms with Crippen molar-refractivity contribution in [2.75, 3.05) is 27.3 Å². The van der Waals surface area contributed by atoms with Crippen LogP contribution in [0, 0.1) is 6.92 Å². The van der Waals surface area contributed by atoms with Gasteiger partial charge in [0.25, 0.3) is 0 Å². The second-order valence-electron chi connectivity index (χ2n) is 4.92.